The van der Waals surface area contributed by atoms with Gasteiger partial charge >= 0.3 is 5.97 Å². The third kappa shape index (κ3) is 4.80. The maximum atomic E-state index is 11.8. The molecule has 1 atom stereocenters. The molecule has 0 aromatic heterocycles. The molecule has 0 aromatic carbocycles. The van der Waals surface area contributed by atoms with Crippen LogP contribution in [0.4, 0.5) is 0 Å². The largest absolute Gasteiger partial charge is 0.479 e. The minimum Gasteiger partial charge on any atom is -0.479 e. The van der Waals surface area contributed by atoms with Gasteiger partial charge in [-0.1, -0.05) is 0 Å². The number of carboxylic acid groups (broad SMARTS) is 1. The van der Waals surface area contributed by atoms with Crippen molar-refractivity contribution >= 4 is 17.8 Å². The molecule has 3 N–H and O–H groups in total. The van der Waals surface area contributed by atoms with Crippen molar-refractivity contribution in [1.29, 1.82) is 0 Å². The molecule has 114 valence electrons. The number of nitrogens with one attached hydrogen (secondary N) is 2. The maximum Gasteiger partial charge on any atom is 0.331 e. The van der Waals surface area contributed by atoms with Crippen LogP contribution in [0.1, 0.15) is 39.5 Å². The summed E-state index contributed by atoms with van der Waals surface area (Å²) in [6, 6.07) is 0.0715. The highest BCUT2D eigenvalue weighted by atomic mass is 16.5. The first kappa shape index (κ1) is 16.4. The van der Waals surface area contributed by atoms with Gasteiger partial charge in [-0.15, -0.1) is 0 Å². The molecular weight excluding hydrogens is 264 g/mol. The van der Waals surface area contributed by atoms with Gasteiger partial charge in [-0.05, 0) is 20.3 Å². The van der Waals surface area contributed by atoms with Gasteiger partial charge in [0.15, 0.2) is 5.54 Å². The van der Waals surface area contributed by atoms with Gasteiger partial charge in [-0.25, -0.2) is 4.79 Å². The number of aliphatic carboxylic acids is 1. The number of hydrogen-bond donors (Lipinski definition) is 3. The van der Waals surface area contributed by atoms with Gasteiger partial charge in [-0.3, -0.25) is 9.59 Å². The van der Waals surface area contributed by atoms with Gasteiger partial charge < -0.3 is 20.5 Å². The summed E-state index contributed by atoms with van der Waals surface area (Å²) in [5.74, 6) is -1.55. The Hall–Kier alpha value is -1.63. The molecule has 1 saturated heterocycles. The first-order valence-corrected chi connectivity index (χ1v) is 6.77. The SMILES string of the molecule is CC(C)NC(=O)CCCC(=O)NC1(C(=O)O)CCOC1. The number of amides is 2. The number of carboxylic acids is 1. The van der Waals surface area contributed by atoms with Crippen LogP contribution < -0.4 is 10.6 Å². The van der Waals surface area contributed by atoms with Gasteiger partial charge in [0.05, 0.1) is 6.61 Å². The zero-order chi connectivity index (χ0) is 15.2. The second-order valence-corrected chi connectivity index (χ2v) is 5.31. The van der Waals surface area contributed by atoms with E-state index in [1.807, 2.05) is 13.8 Å². The van der Waals surface area contributed by atoms with Crippen LogP contribution >= 0.6 is 0 Å². The van der Waals surface area contributed by atoms with E-state index in [0.29, 0.717) is 13.0 Å². The molecule has 1 fully saturated rings. The lowest BCUT2D eigenvalue weighted by Crippen LogP contribution is -2.55. The average molecular weight is 286 g/mol. The molecule has 20 heavy (non-hydrogen) atoms. The van der Waals surface area contributed by atoms with Crippen molar-refractivity contribution < 1.29 is 24.2 Å². The van der Waals surface area contributed by atoms with Gasteiger partial charge in [0.1, 0.15) is 0 Å². The van der Waals surface area contributed by atoms with Crippen LogP contribution in [0.15, 0.2) is 0 Å². The van der Waals surface area contributed by atoms with Crippen molar-refractivity contribution in [2.45, 2.75) is 51.1 Å². The van der Waals surface area contributed by atoms with E-state index in [-0.39, 0.29) is 43.7 Å². The Morgan fingerprint density at radius 1 is 1.25 bits per heavy atom. The third-order valence-corrected chi connectivity index (χ3v) is 3.07. The molecule has 1 heterocycles. The van der Waals surface area contributed by atoms with E-state index < -0.39 is 11.5 Å². The quantitative estimate of drug-likeness (QED) is 0.613. The van der Waals surface area contributed by atoms with Crippen molar-refractivity contribution in [2.75, 3.05) is 13.2 Å². The maximum absolute atomic E-state index is 11.8. The Morgan fingerprint density at radius 2 is 1.90 bits per heavy atom. The lowest BCUT2D eigenvalue weighted by molar-refractivity contribution is -0.147. The van der Waals surface area contributed by atoms with E-state index in [2.05, 4.69) is 10.6 Å². The lowest BCUT2D eigenvalue weighted by atomic mass is 9.98. The predicted molar refractivity (Wildman–Crippen MR) is 71.1 cm³/mol. The summed E-state index contributed by atoms with van der Waals surface area (Å²) < 4.78 is 5.05. The fourth-order valence-corrected chi connectivity index (χ4v) is 2.02. The van der Waals surface area contributed by atoms with Crippen LogP contribution in [-0.4, -0.2) is 47.7 Å². The molecule has 0 bridgehead atoms. The fraction of sp³-hybridized carbons (Fsp3) is 0.769. The number of carbonyl (C=O) groups is 3. The molecule has 0 spiro atoms. The molecule has 1 rings (SSSR count). The molecule has 1 unspecified atom stereocenters. The Kier molecular flexibility index (Phi) is 5.94. The summed E-state index contributed by atoms with van der Waals surface area (Å²) in [5, 5.41) is 14.4. The molecule has 1 aliphatic rings. The van der Waals surface area contributed by atoms with Crippen molar-refractivity contribution in [1.82, 2.24) is 10.6 Å². The van der Waals surface area contributed by atoms with Gasteiger partial charge in [0.25, 0.3) is 0 Å². The fourth-order valence-electron chi connectivity index (χ4n) is 2.02. The summed E-state index contributed by atoms with van der Waals surface area (Å²) in [7, 11) is 0. The zero-order valence-corrected chi connectivity index (χ0v) is 11.9. The van der Waals surface area contributed by atoms with E-state index in [1.165, 1.54) is 0 Å². The standard InChI is InChI=1S/C13H22N2O5/c1-9(2)14-10(16)4-3-5-11(17)15-13(12(18)19)6-7-20-8-13/h9H,3-8H2,1-2H3,(H,14,16)(H,15,17)(H,18,19). The molecular formula is C13H22N2O5. The lowest BCUT2D eigenvalue weighted by Gasteiger charge is -2.23. The van der Waals surface area contributed by atoms with Crippen molar-refractivity contribution in [3.8, 4) is 0 Å². The second kappa shape index (κ2) is 7.23. The topological polar surface area (TPSA) is 105 Å². The summed E-state index contributed by atoms with van der Waals surface area (Å²) >= 11 is 0. The molecule has 1 aliphatic heterocycles. The van der Waals surface area contributed by atoms with Gasteiger partial charge in [0, 0.05) is 31.9 Å². The first-order chi connectivity index (χ1) is 9.35. The van der Waals surface area contributed by atoms with E-state index >= 15 is 0 Å². The molecule has 7 nitrogen and oxygen atoms in total. The minimum atomic E-state index is -1.31. The first-order valence-electron chi connectivity index (χ1n) is 6.77. The Labute approximate surface area is 118 Å². The monoisotopic (exact) mass is 286 g/mol. The van der Waals surface area contributed by atoms with Crippen molar-refractivity contribution in [2.24, 2.45) is 0 Å². The Morgan fingerprint density at radius 3 is 2.40 bits per heavy atom. The molecule has 0 aliphatic carbocycles. The molecule has 2 amide bonds. The Balaban J connectivity index is 2.33. The highest BCUT2D eigenvalue weighted by molar-refractivity contribution is 5.87. The van der Waals surface area contributed by atoms with Crippen molar-refractivity contribution in [3.05, 3.63) is 0 Å². The molecule has 0 radical (unpaired) electrons. The Bertz CT molecular complexity index is 375. The summed E-state index contributed by atoms with van der Waals surface area (Å²) in [4.78, 5) is 34.3. The average Bonchev–Trinajstić information content (AvgIpc) is 2.77. The van der Waals surface area contributed by atoms with Crippen LogP contribution in [0.25, 0.3) is 0 Å². The zero-order valence-electron chi connectivity index (χ0n) is 11.9. The van der Waals surface area contributed by atoms with Gasteiger partial charge in [-0.2, -0.15) is 0 Å². The summed E-state index contributed by atoms with van der Waals surface area (Å²) in [5.41, 5.74) is -1.31. The van der Waals surface area contributed by atoms with E-state index in [0.717, 1.165) is 0 Å². The number of carbonyl (C=O) groups excluding carboxylic acids is 2. The number of hydrogen-bond acceptors (Lipinski definition) is 4. The van der Waals surface area contributed by atoms with E-state index in [4.69, 9.17) is 9.84 Å². The van der Waals surface area contributed by atoms with Crippen LogP contribution in [-0.2, 0) is 19.1 Å². The van der Waals surface area contributed by atoms with Crippen LogP contribution in [0, 0.1) is 0 Å². The van der Waals surface area contributed by atoms with Gasteiger partial charge in [0.2, 0.25) is 11.8 Å². The summed E-state index contributed by atoms with van der Waals surface area (Å²) in [6.45, 7) is 4.04. The van der Waals surface area contributed by atoms with Crippen LogP contribution in [0.2, 0.25) is 0 Å². The summed E-state index contributed by atoms with van der Waals surface area (Å²) in [6.07, 6.45) is 1.03. The predicted octanol–water partition coefficient (Wildman–Crippen LogP) is 0.0412. The molecule has 7 heteroatoms. The normalized spacial score (nSPS) is 21.8. The highest BCUT2D eigenvalue weighted by Crippen LogP contribution is 2.19. The molecule has 0 saturated carbocycles. The van der Waals surface area contributed by atoms with E-state index in [9.17, 15) is 14.4 Å². The van der Waals surface area contributed by atoms with Crippen LogP contribution in [0.3, 0.4) is 0 Å². The van der Waals surface area contributed by atoms with E-state index in [1.54, 1.807) is 0 Å². The van der Waals surface area contributed by atoms with Crippen LogP contribution in [0.5, 0.6) is 0 Å². The highest BCUT2D eigenvalue weighted by Gasteiger charge is 2.43. The molecule has 0 aromatic rings. The second-order valence-electron chi connectivity index (χ2n) is 5.31. The number of ether oxygens (including phenoxy) is 1. The number of rotatable bonds is 7. The van der Waals surface area contributed by atoms with Crippen molar-refractivity contribution in [3.63, 3.8) is 0 Å². The smallest absolute Gasteiger partial charge is 0.331 e. The third-order valence-electron chi connectivity index (χ3n) is 3.07. The minimum absolute atomic E-state index is 0.0120.